The number of ether oxygens (including phenoxy) is 3. The molecule has 0 aliphatic carbocycles. The summed E-state index contributed by atoms with van der Waals surface area (Å²) in [6, 6.07) is -0.00454. The molecule has 13 heavy (non-hydrogen) atoms. The molecule has 6 heteroatoms. The van der Waals surface area contributed by atoms with E-state index in [2.05, 4.69) is 19.4 Å². The highest BCUT2D eigenvalue weighted by atomic mass is 19.1. The average molecular weight is 188 g/mol. The molecular formula is C7H9FN2O3. The Morgan fingerprint density at radius 3 is 1.69 bits per heavy atom. The summed E-state index contributed by atoms with van der Waals surface area (Å²) in [5.41, 5.74) is 0. The fraction of sp³-hybridized carbons (Fsp3) is 0.429. The lowest BCUT2D eigenvalue weighted by atomic mass is 10.5. The average Bonchev–Trinajstić information content (AvgIpc) is 2.18. The minimum Gasteiger partial charge on any atom is -0.479 e. The van der Waals surface area contributed by atoms with Gasteiger partial charge in [-0.25, -0.2) is 0 Å². The van der Waals surface area contributed by atoms with E-state index in [1.165, 1.54) is 21.3 Å². The van der Waals surface area contributed by atoms with E-state index in [1.807, 2.05) is 0 Å². The van der Waals surface area contributed by atoms with Gasteiger partial charge in [-0.1, -0.05) is 0 Å². The number of rotatable bonds is 3. The van der Waals surface area contributed by atoms with E-state index in [0.717, 1.165) is 0 Å². The Bertz CT molecular complexity index is 281. The Morgan fingerprint density at radius 2 is 1.38 bits per heavy atom. The molecule has 0 N–H and O–H groups in total. The first-order chi connectivity index (χ1) is 6.22. The molecule has 0 aliphatic heterocycles. The van der Waals surface area contributed by atoms with Crippen molar-refractivity contribution in [1.82, 2.24) is 9.97 Å². The van der Waals surface area contributed by atoms with Crippen molar-refractivity contribution in [1.29, 1.82) is 0 Å². The fourth-order valence-corrected chi connectivity index (χ4v) is 0.750. The van der Waals surface area contributed by atoms with Gasteiger partial charge in [0.05, 0.1) is 21.3 Å². The molecule has 0 saturated carbocycles. The number of nitrogens with zero attached hydrogens (tertiary/aromatic N) is 2. The first-order valence-electron chi connectivity index (χ1n) is 3.42. The molecule has 1 aromatic rings. The number of methoxy groups -OCH3 is 3. The molecule has 0 saturated heterocycles. The highest BCUT2D eigenvalue weighted by Crippen LogP contribution is 2.24. The van der Waals surface area contributed by atoms with Crippen LogP contribution in [0.5, 0.6) is 17.8 Å². The lowest BCUT2D eigenvalue weighted by Gasteiger charge is -2.06. The predicted molar refractivity (Wildman–Crippen MR) is 41.6 cm³/mol. The molecule has 0 bridgehead atoms. The largest absolute Gasteiger partial charge is 0.479 e. The van der Waals surface area contributed by atoms with Crippen molar-refractivity contribution in [2.75, 3.05) is 21.3 Å². The Hall–Kier alpha value is -1.59. The summed E-state index contributed by atoms with van der Waals surface area (Å²) >= 11 is 0. The molecular weight excluding hydrogens is 179 g/mol. The summed E-state index contributed by atoms with van der Waals surface area (Å²) in [4.78, 5) is 7.21. The van der Waals surface area contributed by atoms with Gasteiger partial charge < -0.3 is 14.2 Å². The molecule has 0 amide bonds. The van der Waals surface area contributed by atoms with Crippen LogP contribution in [-0.2, 0) is 0 Å². The third-order valence-corrected chi connectivity index (χ3v) is 1.34. The van der Waals surface area contributed by atoms with Gasteiger partial charge in [-0.2, -0.15) is 14.4 Å². The lowest BCUT2D eigenvalue weighted by molar-refractivity contribution is 0.300. The van der Waals surface area contributed by atoms with Crippen LogP contribution in [0.3, 0.4) is 0 Å². The highest BCUT2D eigenvalue weighted by molar-refractivity contribution is 5.25. The molecule has 0 fully saturated rings. The Labute approximate surface area is 74.5 Å². The quantitative estimate of drug-likeness (QED) is 0.696. The molecule has 0 atom stereocenters. The minimum absolute atomic E-state index is 0.00454. The van der Waals surface area contributed by atoms with Crippen LogP contribution in [0.1, 0.15) is 0 Å². The second-order valence-corrected chi connectivity index (χ2v) is 2.04. The fourth-order valence-electron chi connectivity index (χ4n) is 0.750. The van der Waals surface area contributed by atoms with Crippen molar-refractivity contribution >= 4 is 0 Å². The van der Waals surface area contributed by atoms with Gasteiger partial charge in [-0.15, -0.1) is 0 Å². The maximum Gasteiger partial charge on any atom is 0.322 e. The molecule has 1 rings (SSSR count). The molecule has 0 aromatic carbocycles. The monoisotopic (exact) mass is 188 g/mol. The zero-order valence-corrected chi connectivity index (χ0v) is 7.50. The van der Waals surface area contributed by atoms with Crippen LogP contribution in [0.15, 0.2) is 0 Å². The molecule has 1 heterocycles. The third-order valence-electron chi connectivity index (χ3n) is 1.34. The van der Waals surface area contributed by atoms with Gasteiger partial charge in [0, 0.05) is 0 Å². The van der Waals surface area contributed by atoms with Gasteiger partial charge >= 0.3 is 6.01 Å². The first-order valence-corrected chi connectivity index (χ1v) is 3.42. The van der Waals surface area contributed by atoms with E-state index in [0.29, 0.717) is 0 Å². The molecule has 0 unspecified atom stereocenters. The van der Waals surface area contributed by atoms with Gasteiger partial charge in [-0.05, 0) is 0 Å². The van der Waals surface area contributed by atoms with E-state index >= 15 is 0 Å². The van der Waals surface area contributed by atoms with Crippen LogP contribution in [-0.4, -0.2) is 31.3 Å². The summed E-state index contributed by atoms with van der Waals surface area (Å²) in [7, 11) is 3.96. The molecule has 0 spiro atoms. The smallest absolute Gasteiger partial charge is 0.322 e. The molecule has 1 aromatic heterocycles. The Morgan fingerprint density at radius 1 is 0.923 bits per heavy atom. The normalized spacial score (nSPS) is 9.54. The topological polar surface area (TPSA) is 53.5 Å². The minimum atomic E-state index is -0.745. The zero-order chi connectivity index (χ0) is 9.84. The van der Waals surface area contributed by atoms with E-state index in [4.69, 9.17) is 4.74 Å². The summed E-state index contributed by atoms with van der Waals surface area (Å²) in [6.07, 6.45) is 0. The summed E-state index contributed by atoms with van der Waals surface area (Å²) in [6.45, 7) is 0. The number of hydrogen-bond acceptors (Lipinski definition) is 5. The first kappa shape index (κ1) is 9.50. The summed E-state index contributed by atoms with van der Waals surface area (Å²) in [5.74, 6) is -1.15. The van der Waals surface area contributed by atoms with Crippen LogP contribution in [0.4, 0.5) is 4.39 Å². The number of halogens is 1. The predicted octanol–water partition coefficient (Wildman–Crippen LogP) is 0.641. The van der Waals surface area contributed by atoms with E-state index in [1.54, 1.807) is 0 Å². The van der Waals surface area contributed by atoms with Crippen LogP contribution in [0.25, 0.3) is 0 Å². The molecule has 72 valence electrons. The maximum atomic E-state index is 13.2. The van der Waals surface area contributed by atoms with Crippen LogP contribution < -0.4 is 14.2 Å². The number of aromatic nitrogens is 2. The number of hydrogen-bond donors (Lipinski definition) is 0. The van der Waals surface area contributed by atoms with E-state index < -0.39 is 5.82 Å². The molecule has 5 nitrogen and oxygen atoms in total. The maximum absolute atomic E-state index is 13.2. The van der Waals surface area contributed by atoms with Crippen molar-refractivity contribution < 1.29 is 18.6 Å². The summed E-state index contributed by atoms with van der Waals surface area (Å²) < 4.78 is 27.2. The van der Waals surface area contributed by atoms with Crippen molar-refractivity contribution in [3.05, 3.63) is 5.82 Å². The van der Waals surface area contributed by atoms with Crippen molar-refractivity contribution in [2.45, 2.75) is 0 Å². The standard InChI is InChI=1S/C7H9FN2O3/c1-11-5-4(8)6(12-2)10-7(9-5)13-3/h1-3H3. The summed E-state index contributed by atoms with van der Waals surface area (Å²) in [5, 5.41) is 0. The van der Waals surface area contributed by atoms with Crippen molar-refractivity contribution in [3.8, 4) is 17.8 Å². The van der Waals surface area contributed by atoms with Crippen molar-refractivity contribution in [3.63, 3.8) is 0 Å². The Kier molecular flexibility index (Phi) is 2.84. The van der Waals surface area contributed by atoms with Gasteiger partial charge in [0.2, 0.25) is 5.82 Å². The van der Waals surface area contributed by atoms with Crippen molar-refractivity contribution in [2.24, 2.45) is 0 Å². The SMILES string of the molecule is COc1nc(OC)c(F)c(OC)n1. The zero-order valence-electron chi connectivity index (χ0n) is 7.50. The molecule has 0 aliphatic rings. The third kappa shape index (κ3) is 1.77. The molecule has 0 radical (unpaired) electrons. The van der Waals surface area contributed by atoms with Crippen LogP contribution in [0, 0.1) is 5.82 Å². The van der Waals surface area contributed by atoms with Gasteiger partial charge in [0.25, 0.3) is 11.8 Å². The lowest BCUT2D eigenvalue weighted by Crippen LogP contribution is -2.02. The van der Waals surface area contributed by atoms with E-state index in [9.17, 15) is 4.39 Å². The van der Waals surface area contributed by atoms with Crippen LogP contribution >= 0.6 is 0 Å². The second-order valence-electron chi connectivity index (χ2n) is 2.04. The second kappa shape index (κ2) is 3.88. The Balaban J connectivity index is 3.20. The van der Waals surface area contributed by atoms with Crippen LogP contribution in [0.2, 0.25) is 0 Å². The van der Waals surface area contributed by atoms with Gasteiger partial charge in [0.15, 0.2) is 0 Å². The van der Waals surface area contributed by atoms with Gasteiger partial charge in [-0.3, -0.25) is 0 Å². The van der Waals surface area contributed by atoms with Gasteiger partial charge in [0.1, 0.15) is 0 Å². The van der Waals surface area contributed by atoms with E-state index in [-0.39, 0.29) is 17.8 Å². The highest BCUT2D eigenvalue weighted by Gasteiger charge is 2.15.